The van der Waals surface area contributed by atoms with E-state index in [9.17, 15) is 4.79 Å². The number of amides is 1. The van der Waals surface area contributed by atoms with Crippen molar-refractivity contribution in [3.8, 4) is 0 Å². The van der Waals surface area contributed by atoms with Crippen molar-refractivity contribution in [2.75, 3.05) is 39.3 Å². The van der Waals surface area contributed by atoms with Crippen molar-refractivity contribution >= 4 is 29.9 Å². The van der Waals surface area contributed by atoms with Gasteiger partial charge in [0.05, 0.1) is 0 Å². The number of piperazine rings is 1. The number of benzene rings is 1. The zero-order valence-corrected chi connectivity index (χ0v) is 14.9. The minimum atomic E-state index is 0. The monoisotopic (exact) mass is 357 g/mol. The van der Waals surface area contributed by atoms with Gasteiger partial charge in [-0.2, -0.15) is 0 Å². The van der Waals surface area contributed by atoms with Crippen molar-refractivity contribution in [1.29, 1.82) is 0 Å². The normalized spacial score (nSPS) is 22.0. The van der Waals surface area contributed by atoms with Crippen LogP contribution in [0.25, 0.3) is 0 Å². The summed E-state index contributed by atoms with van der Waals surface area (Å²) in [6.45, 7) is 5.47. The first-order chi connectivity index (χ1) is 10.7. The maximum Gasteiger partial charge on any atom is 0.223 e. The third-order valence-electron chi connectivity index (χ3n) is 4.70. The number of nitrogens with one attached hydrogen (secondary N) is 1. The van der Waals surface area contributed by atoms with Crippen LogP contribution < -0.4 is 5.32 Å². The van der Waals surface area contributed by atoms with Crippen molar-refractivity contribution in [3.05, 3.63) is 34.9 Å². The second-order valence-corrected chi connectivity index (χ2v) is 6.56. The molecular weight excluding hydrogens is 333 g/mol. The van der Waals surface area contributed by atoms with Gasteiger partial charge in [0.2, 0.25) is 5.91 Å². The van der Waals surface area contributed by atoms with Crippen LogP contribution in [0.4, 0.5) is 0 Å². The van der Waals surface area contributed by atoms with E-state index in [0.717, 1.165) is 44.3 Å². The maximum absolute atomic E-state index is 12.3. The van der Waals surface area contributed by atoms with Crippen LogP contribution in [-0.2, 0) is 4.79 Å². The van der Waals surface area contributed by atoms with Gasteiger partial charge in [-0.05, 0) is 37.1 Å². The topological polar surface area (TPSA) is 35.6 Å². The number of rotatable bonds is 4. The molecule has 4 nitrogen and oxygen atoms in total. The average Bonchev–Trinajstić information content (AvgIpc) is 3.02. The van der Waals surface area contributed by atoms with E-state index in [-0.39, 0.29) is 12.4 Å². The number of hydrogen-bond donors (Lipinski definition) is 1. The van der Waals surface area contributed by atoms with E-state index in [1.165, 1.54) is 18.4 Å². The minimum absolute atomic E-state index is 0. The molecule has 1 unspecified atom stereocenters. The molecular formula is C17H25Cl2N3O. The fourth-order valence-electron chi connectivity index (χ4n) is 3.47. The fourth-order valence-corrected chi connectivity index (χ4v) is 3.59. The Bertz CT molecular complexity index is 503. The predicted molar refractivity (Wildman–Crippen MR) is 96.3 cm³/mol. The van der Waals surface area contributed by atoms with Gasteiger partial charge in [-0.3, -0.25) is 9.69 Å². The number of likely N-dealkylation sites (tertiary alicyclic amines) is 1. The van der Waals surface area contributed by atoms with Gasteiger partial charge in [0.15, 0.2) is 0 Å². The summed E-state index contributed by atoms with van der Waals surface area (Å²) in [5.74, 6) is 0.295. The third-order valence-corrected chi connectivity index (χ3v) is 4.95. The van der Waals surface area contributed by atoms with E-state index in [4.69, 9.17) is 11.6 Å². The van der Waals surface area contributed by atoms with Crippen LogP contribution in [0.1, 0.15) is 30.9 Å². The van der Waals surface area contributed by atoms with Crippen LogP contribution in [0.2, 0.25) is 5.02 Å². The Morgan fingerprint density at radius 2 is 1.87 bits per heavy atom. The number of carbonyl (C=O) groups is 1. The van der Waals surface area contributed by atoms with Gasteiger partial charge < -0.3 is 10.2 Å². The van der Waals surface area contributed by atoms with Gasteiger partial charge in [-0.15, -0.1) is 12.4 Å². The summed E-state index contributed by atoms with van der Waals surface area (Å²) >= 11 is 5.97. The zero-order chi connectivity index (χ0) is 15.4. The second kappa shape index (κ2) is 8.88. The average molecular weight is 358 g/mol. The third kappa shape index (κ3) is 4.83. The molecule has 23 heavy (non-hydrogen) atoms. The Hall–Kier alpha value is -0.810. The second-order valence-electron chi connectivity index (χ2n) is 6.13. The molecule has 0 aromatic heterocycles. The summed E-state index contributed by atoms with van der Waals surface area (Å²) < 4.78 is 0. The molecule has 0 saturated carbocycles. The van der Waals surface area contributed by atoms with E-state index < -0.39 is 0 Å². The molecule has 0 bridgehead atoms. The molecule has 2 fully saturated rings. The lowest BCUT2D eigenvalue weighted by molar-refractivity contribution is -0.132. The molecule has 6 heteroatoms. The van der Waals surface area contributed by atoms with E-state index in [1.807, 2.05) is 17.0 Å². The van der Waals surface area contributed by atoms with Gasteiger partial charge in [0.25, 0.3) is 0 Å². The summed E-state index contributed by atoms with van der Waals surface area (Å²) in [6, 6.07) is 8.58. The number of halogens is 2. The highest BCUT2D eigenvalue weighted by molar-refractivity contribution is 6.30. The van der Waals surface area contributed by atoms with Crippen LogP contribution in [0.5, 0.6) is 0 Å². The minimum Gasteiger partial charge on any atom is -0.340 e. The van der Waals surface area contributed by atoms with Crippen LogP contribution in [0, 0.1) is 0 Å². The molecule has 2 aliphatic rings. The maximum atomic E-state index is 12.3. The van der Waals surface area contributed by atoms with E-state index in [1.54, 1.807) is 0 Å². The van der Waals surface area contributed by atoms with Crippen LogP contribution in [-0.4, -0.2) is 55.0 Å². The SMILES string of the molecule is Cl.O=C(CCN1CCCC1c1ccc(Cl)cc1)N1CCNCC1. The van der Waals surface area contributed by atoms with Crippen LogP contribution in [0.3, 0.4) is 0 Å². The van der Waals surface area contributed by atoms with E-state index in [0.29, 0.717) is 18.4 Å². The summed E-state index contributed by atoms with van der Waals surface area (Å²) in [5.41, 5.74) is 1.32. The standard InChI is InChI=1S/C17H24ClN3O.ClH/c18-15-5-3-14(4-6-15)16-2-1-10-20(16)11-7-17(22)21-12-8-19-9-13-21;/h3-6,16,19H,1-2,7-13H2;1H. The first-order valence-electron chi connectivity index (χ1n) is 8.22. The molecule has 2 heterocycles. The molecule has 2 saturated heterocycles. The van der Waals surface area contributed by atoms with Crippen LogP contribution >= 0.6 is 24.0 Å². The first-order valence-corrected chi connectivity index (χ1v) is 8.60. The highest BCUT2D eigenvalue weighted by Crippen LogP contribution is 2.32. The van der Waals surface area contributed by atoms with Gasteiger partial charge in [0.1, 0.15) is 0 Å². The Kier molecular flexibility index (Phi) is 7.15. The predicted octanol–water partition coefficient (Wildman–Crippen LogP) is 2.72. The summed E-state index contributed by atoms with van der Waals surface area (Å²) in [4.78, 5) is 16.7. The highest BCUT2D eigenvalue weighted by atomic mass is 35.5. The quantitative estimate of drug-likeness (QED) is 0.899. The van der Waals surface area contributed by atoms with Gasteiger partial charge in [-0.1, -0.05) is 23.7 Å². The Balaban J connectivity index is 0.00000192. The molecule has 128 valence electrons. The summed E-state index contributed by atoms with van der Waals surface area (Å²) in [7, 11) is 0. The molecule has 1 aromatic rings. The van der Waals surface area contributed by atoms with Crippen molar-refractivity contribution in [2.45, 2.75) is 25.3 Å². The molecule has 0 aliphatic carbocycles. The number of nitrogens with zero attached hydrogens (tertiary/aromatic N) is 2. The lowest BCUT2D eigenvalue weighted by atomic mass is 10.0. The largest absolute Gasteiger partial charge is 0.340 e. The molecule has 1 atom stereocenters. The van der Waals surface area contributed by atoms with Gasteiger partial charge in [-0.25, -0.2) is 0 Å². The Labute approximate surface area is 149 Å². The lowest BCUT2D eigenvalue weighted by Crippen LogP contribution is -2.47. The van der Waals surface area contributed by atoms with Crippen LogP contribution in [0.15, 0.2) is 24.3 Å². The van der Waals surface area contributed by atoms with Crippen molar-refractivity contribution in [1.82, 2.24) is 15.1 Å². The smallest absolute Gasteiger partial charge is 0.223 e. The highest BCUT2D eigenvalue weighted by Gasteiger charge is 2.27. The number of hydrogen-bond acceptors (Lipinski definition) is 3. The summed E-state index contributed by atoms with van der Waals surface area (Å²) in [6.07, 6.45) is 3.00. The zero-order valence-electron chi connectivity index (χ0n) is 13.3. The fraction of sp³-hybridized carbons (Fsp3) is 0.588. The van der Waals surface area contributed by atoms with E-state index >= 15 is 0 Å². The number of carbonyl (C=O) groups excluding carboxylic acids is 1. The molecule has 1 amide bonds. The van der Waals surface area contributed by atoms with Crippen molar-refractivity contribution in [3.63, 3.8) is 0 Å². The van der Waals surface area contributed by atoms with Crippen molar-refractivity contribution < 1.29 is 4.79 Å². The first kappa shape index (κ1) is 18.5. The molecule has 0 radical (unpaired) electrons. The lowest BCUT2D eigenvalue weighted by Gasteiger charge is -2.29. The molecule has 3 rings (SSSR count). The van der Waals surface area contributed by atoms with E-state index in [2.05, 4.69) is 22.3 Å². The Morgan fingerprint density at radius 3 is 2.57 bits per heavy atom. The summed E-state index contributed by atoms with van der Waals surface area (Å²) in [5, 5.41) is 4.06. The van der Waals surface area contributed by atoms with Gasteiger partial charge >= 0.3 is 0 Å². The molecule has 1 N–H and O–H groups in total. The Morgan fingerprint density at radius 1 is 1.17 bits per heavy atom. The van der Waals surface area contributed by atoms with Crippen molar-refractivity contribution in [2.24, 2.45) is 0 Å². The van der Waals surface area contributed by atoms with Gasteiger partial charge in [0, 0.05) is 50.2 Å². The molecule has 0 spiro atoms. The molecule has 1 aromatic carbocycles. The molecule has 2 aliphatic heterocycles.